The summed E-state index contributed by atoms with van der Waals surface area (Å²) in [6, 6.07) is 17.2. The van der Waals surface area contributed by atoms with Gasteiger partial charge in [-0.25, -0.2) is 0 Å². The molecule has 2 aliphatic rings. The number of fused-ring (bicyclic) bond motifs is 2. The van der Waals surface area contributed by atoms with E-state index in [0.29, 0.717) is 23.1 Å². The minimum absolute atomic E-state index is 0.00259. The molecule has 0 saturated carbocycles. The van der Waals surface area contributed by atoms with Gasteiger partial charge in [0.1, 0.15) is 6.17 Å². The molecule has 0 radical (unpaired) electrons. The van der Waals surface area contributed by atoms with Gasteiger partial charge in [-0.3, -0.25) is 0 Å². The van der Waals surface area contributed by atoms with Gasteiger partial charge in [-0.05, 0) is 42.3 Å². The van der Waals surface area contributed by atoms with E-state index in [2.05, 4.69) is 0 Å². The highest BCUT2D eigenvalue weighted by atomic mass is 19.4. The number of nitrogens with zero attached hydrogens (tertiary/aromatic N) is 2. The van der Waals surface area contributed by atoms with Crippen LogP contribution in [0.15, 0.2) is 66.7 Å². The van der Waals surface area contributed by atoms with Crippen molar-refractivity contribution in [3.05, 3.63) is 89.0 Å². The number of para-hydroxylation sites is 3. The van der Waals surface area contributed by atoms with E-state index >= 15 is 0 Å². The fourth-order valence-corrected chi connectivity index (χ4v) is 5.01. The summed E-state index contributed by atoms with van der Waals surface area (Å²) in [7, 11) is 1.64. The minimum atomic E-state index is -6.30. The SMILES string of the molecule is Cc1c(C2N(C)c3ccccc3N2c2ccccc2)ccc2c1C(F)(F)C(F)(F)C(F)(F)C2(F)F. The van der Waals surface area contributed by atoms with Gasteiger partial charge in [-0.15, -0.1) is 0 Å². The molecule has 0 bridgehead atoms. The molecule has 5 rings (SSSR count). The molecule has 3 aromatic carbocycles. The Morgan fingerprint density at radius 2 is 1.20 bits per heavy atom. The standard InChI is InChI=1S/C25H18F8N2/c1-14-16(12-13-17-20(14)23(28,29)25(32,33)24(30,31)22(17,26)27)21-34(2)18-10-6-7-11-19(18)35(21)15-8-4-3-5-9-15/h3-13,21H,1-2H3. The van der Waals surface area contributed by atoms with Gasteiger partial charge in [0.15, 0.2) is 0 Å². The zero-order valence-corrected chi connectivity index (χ0v) is 18.3. The van der Waals surface area contributed by atoms with Gasteiger partial charge in [0.05, 0.1) is 11.4 Å². The summed E-state index contributed by atoms with van der Waals surface area (Å²) < 4.78 is 115. The lowest BCUT2D eigenvalue weighted by Gasteiger charge is -2.44. The van der Waals surface area contributed by atoms with E-state index in [0.717, 1.165) is 13.0 Å². The van der Waals surface area contributed by atoms with E-state index in [1.54, 1.807) is 71.4 Å². The van der Waals surface area contributed by atoms with E-state index in [9.17, 15) is 35.1 Å². The Balaban J connectivity index is 1.77. The number of anilines is 3. The van der Waals surface area contributed by atoms with E-state index in [1.807, 2.05) is 0 Å². The Morgan fingerprint density at radius 3 is 1.83 bits per heavy atom. The van der Waals surface area contributed by atoms with Crippen LogP contribution in [0.25, 0.3) is 0 Å². The first-order valence-corrected chi connectivity index (χ1v) is 10.6. The monoisotopic (exact) mass is 498 g/mol. The molecule has 3 aromatic rings. The Bertz CT molecular complexity index is 1310. The molecule has 1 heterocycles. The average molecular weight is 498 g/mol. The normalized spacial score (nSPS) is 23.1. The van der Waals surface area contributed by atoms with Crippen molar-refractivity contribution in [3.8, 4) is 0 Å². The number of hydrogen-bond donors (Lipinski definition) is 0. The Hall–Kier alpha value is -3.30. The van der Waals surface area contributed by atoms with Crippen LogP contribution in [-0.4, -0.2) is 18.9 Å². The summed E-state index contributed by atoms with van der Waals surface area (Å²) in [5.41, 5.74) is -2.21. The van der Waals surface area contributed by atoms with Gasteiger partial charge in [-0.1, -0.05) is 42.5 Å². The lowest BCUT2D eigenvalue weighted by atomic mass is 9.76. The summed E-state index contributed by atoms with van der Waals surface area (Å²) in [6.07, 6.45) is -0.902. The number of hydrogen-bond acceptors (Lipinski definition) is 2. The molecule has 0 saturated heterocycles. The second-order valence-electron chi connectivity index (χ2n) is 8.68. The zero-order valence-electron chi connectivity index (χ0n) is 18.3. The Kier molecular flexibility index (Phi) is 4.76. The topological polar surface area (TPSA) is 6.48 Å². The molecule has 1 aliphatic heterocycles. The minimum Gasteiger partial charge on any atom is -0.348 e. The highest BCUT2D eigenvalue weighted by molar-refractivity contribution is 5.84. The largest absolute Gasteiger partial charge is 0.382 e. The molecule has 1 atom stereocenters. The first kappa shape index (κ1) is 23.4. The highest BCUT2D eigenvalue weighted by Crippen LogP contribution is 2.65. The Morgan fingerprint density at radius 1 is 0.657 bits per heavy atom. The van der Waals surface area contributed by atoms with Crippen molar-refractivity contribution in [2.45, 2.75) is 36.8 Å². The van der Waals surface area contributed by atoms with E-state index in [-0.39, 0.29) is 5.56 Å². The Labute approximate surface area is 195 Å². The maximum atomic E-state index is 14.9. The molecule has 0 N–H and O–H groups in total. The van der Waals surface area contributed by atoms with Crippen LogP contribution in [0.4, 0.5) is 52.2 Å². The van der Waals surface area contributed by atoms with Gasteiger partial charge in [0.25, 0.3) is 0 Å². The van der Waals surface area contributed by atoms with Gasteiger partial charge in [-0.2, -0.15) is 35.1 Å². The van der Waals surface area contributed by atoms with Crippen LogP contribution in [0.3, 0.4) is 0 Å². The maximum absolute atomic E-state index is 14.9. The first-order valence-electron chi connectivity index (χ1n) is 10.6. The number of alkyl halides is 8. The summed E-state index contributed by atoms with van der Waals surface area (Å²) in [4.78, 5) is 3.43. The molecule has 35 heavy (non-hydrogen) atoms. The second-order valence-corrected chi connectivity index (χ2v) is 8.68. The predicted molar refractivity (Wildman–Crippen MR) is 115 cm³/mol. The quantitative estimate of drug-likeness (QED) is 0.334. The first-order chi connectivity index (χ1) is 16.3. The van der Waals surface area contributed by atoms with Gasteiger partial charge in [0, 0.05) is 23.9 Å². The molecular weight excluding hydrogens is 480 g/mol. The van der Waals surface area contributed by atoms with E-state index in [4.69, 9.17) is 0 Å². The van der Waals surface area contributed by atoms with Gasteiger partial charge < -0.3 is 9.80 Å². The molecule has 0 aromatic heterocycles. The summed E-state index contributed by atoms with van der Waals surface area (Å²) in [5, 5.41) is 0. The lowest BCUT2D eigenvalue weighted by molar-refractivity contribution is -0.386. The van der Waals surface area contributed by atoms with Gasteiger partial charge in [0.2, 0.25) is 0 Å². The number of rotatable bonds is 2. The van der Waals surface area contributed by atoms with E-state index < -0.39 is 46.5 Å². The van der Waals surface area contributed by atoms with Crippen LogP contribution >= 0.6 is 0 Å². The van der Waals surface area contributed by atoms with Crippen molar-refractivity contribution in [2.24, 2.45) is 0 Å². The maximum Gasteiger partial charge on any atom is 0.382 e. The number of benzene rings is 3. The molecule has 0 fully saturated rings. The molecule has 2 nitrogen and oxygen atoms in total. The van der Waals surface area contributed by atoms with Crippen LogP contribution in [-0.2, 0) is 11.8 Å². The fraction of sp³-hybridized carbons (Fsp3) is 0.280. The lowest BCUT2D eigenvalue weighted by Crippen LogP contribution is -2.64. The van der Waals surface area contributed by atoms with Crippen molar-refractivity contribution >= 4 is 17.1 Å². The highest BCUT2D eigenvalue weighted by Gasteiger charge is 2.85. The molecule has 184 valence electrons. The summed E-state index contributed by atoms with van der Waals surface area (Å²) in [6.45, 7) is 0.984. The summed E-state index contributed by atoms with van der Waals surface area (Å²) in [5.74, 6) is -23.6. The van der Waals surface area contributed by atoms with Crippen LogP contribution in [0.5, 0.6) is 0 Å². The van der Waals surface area contributed by atoms with Crippen molar-refractivity contribution < 1.29 is 35.1 Å². The molecule has 1 aliphatic carbocycles. The van der Waals surface area contributed by atoms with Crippen LogP contribution in [0.2, 0.25) is 0 Å². The van der Waals surface area contributed by atoms with E-state index in [1.165, 1.54) is 0 Å². The molecular formula is C25H18F8N2. The predicted octanol–water partition coefficient (Wildman–Crippen LogP) is 7.75. The smallest absolute Gasteiger partial charge is 0.348 e. The molecule has 10 heteroatoms. The van der Waals surface area contributed by atoms with Crippen molar-refractivity contribution in [3.63, 3.8) is 0 Å². The van der Waals surface area contributed by atoms with Crippen LogP contribution < -0.4 is 9.80 Å². The molecule has 0 spiro atoms. The third kappa shape index (κ3) is 2.76. The third-order valence-electron chi connectivity index (χ3n) is 6.79. The number of halogens is 8. The molecule has 1 unspecified atom stereocenters. The third-order valence-corrected chi connectivity index (χ3v) is 6.79. The zero-order chi connectivity index (χ0) is 25.6. The van der Waals surface area contributed by atoms with Crippen molar-refractivity contribution in [2.75, 3.05) is 16.8 Å². The fourth-order valence-electron chi connectivity index (χ4n) is 5.01. The van der Waals surface area contributed by atoms with Crippen LogP contribution in [0.1, 0.15) is 28.4 Å². The molecule has 0 amide bonds. The second kappa shape index (κ2) is 7.11. The van der Waals surface area contributed by atoms with Crippen LogP contribution in [0, 0.1) is 6.92 Å². The van der Waals surface area contributed by atoms with Gasteiger partial charge >= 0.3 is 23.7 Å². The average Bonchev–Trinajstić information content (AvgIpc) is 3.10. The summed E-state index contributed by atoms with van der Waals surface area (Å²) >= 11 is 0. The van der Waals surface area contributed by atoms with Crippen molar-refractivity contribution in [1.29, 1.82) is 0 Å². The van der Waals surface area contributed by atoms with Crippen molar-refractivity contribution in [1.82, 2.24) is 0 Å².